The molecule has 3 aliphatic heterocycles. The summed E-state index contributed by atoms with van der Waals surface area (Å²) in [6, 6.07) is 11.7. The minimum Gasteiger partial charge on any atom is -0.381 e. The van der Waals surface area contributed by atoms with E-state index in [2.05, 4.69) is 69.1 Å². The number of hydrogen-bond donors (Lipinski definition) is 1. The van der Waals surface area contributed by atoms with Crippen LogP contribution in [-0.2, 0) is 11.3 Å². The highest BCUT2D eigenvalue weighted by Gasteiger charge is 2.38. The standard InChI is InChI=1S/C25H40N4OS/c1-3-31-25(12-16-30-17-13-25)20-27-24(26-2)29-15-11-23-22(19-29)10-7-14-28(23)18-21-8-5-4-6-9-21/h4-6,8-9,22-23H,3,7,10-20H2,1-2H3,(H,26,27). The zero-order valence-electron chi connectivity index (χ0n) is 19.4. The molecule has 31 heavy (non-hydrogen) atoms. The summed E-state index contributed by atoms with van der Waals surface area (Å²) >= 11 is 2.10. The number of rotatable bonds is 6. The normalized spacial score (nSPS) is 27.0. The predicted molar refractivity (Wildman–Crippen MR) is 132 cm³/mol. The van der Waals surface area contributed by atoms with Crippen LogP contribution >= 0.6 is 11.8 Å². The summed E-state index contributed by atoms with van der Waals surface area (Å²) in [5.74, 6) is 3.00. The van der Waals surface area contributed by atoms with E-state index < -0.39 is 0 Å². The van der Waals surface area contributed by atoms with E-state index in [1.807, 2.05) is 7.05 Å². The molecule has 3 aliphatic rings. The van der Waals surface area contributed by atoms with Crippen LogP contribution in [0.2, 0.25) is 0 Å². The maximum atomic E-state index is 5.65. The Labute approximate surface area is 193 Å². The number of likely N-dealkylation sites (tertiary alicyclic amines) is 2. The van der Waals surface area contributed by atoms with E-state index in [9.17, 15) is 0 Å². The number of nitrogens with one attached hydrogen (secondary N) is 1. The van der Waals surface area contributed by atoms with E-state index in [1.165, 1.54) is 31.4 Å². The zero-order chi connectivity index (χ0) is 21.5. The average Bonchev–Trinajstić information content (AvgIpc) is 2.81. The van der Waals surface area contributed by atoms with E-state index in [1.54, 1.807) is 0 Å². The molecule has 1 N–H and O–H groups in total. The molecule has 1 aromatic carbocycles. The minimum atomic E-state index is 0.290. The number of ether oxygens (including phenoxy) is 1. The molecular formula is C25H40N4OS. The molecule has 0 saturated carbocycles. The smallest absolute Gasteiger partial charge is 0.193 e. The third-order valence-electron chi connectivity index (χ3n) is 7.35. The van der Waals surface area contributed by atoms with E-state index in [0.29, 0.717) is 10.8 Å². The van der Waals surface area contributed by atoms with Gasteiger partial charge in [0.1, 0.15) is 0 Å². The summed E-state index contributed by atoms with van der Waals surface area (Å²) in [4.78, 5) is 9.96. The van der Waals surface area contributed by atoms with Crippen LogP contribution < -0.4 is 5.32 Å². The first kappa shape index (κ1) is 22.9. The van der Waals surface area contributed by atoms with Gasteiger partial charge in [0, 0.05) is 57.2 Å². The second-order valence-electron chi connectivity index (χ2n) is 9.29. The molecule has 2 atom stereocenters. The first-order valence-electron chi connectivity index (χ1n) is 12.2. The van der Waals surface area contributed by atoms with Gasteiger partial charge in [-0.15, -0.1) is 0 Å². The number of nitrogens with zero attached hydrogens (tertiary/aromatic N) is 3. The fourth-order valence-corrected chi connectivity index (χ4v) is 6.95. The molecule has 3 fully saturated rings. The number of piperidine rings is 2. The molecule has 3 heterocycles. The van der Waals surface area contributed by atoms with E-state index in [4.69, 9.17) is 4.74 Å². The van der Waals surface area contributed by atoms with Gasteiger partial charge in [0.2, 0.25) is 0 Å². The van der Waals surface area contributed by atoms with Crippen molar-refractivity contribution < 1.29 is 4.74 Å². The van der Waals surface area contributed by atoms with Crippen molar-refractivity contribution in [1.82, 2.24) is 15.1 Å². The highest BCUT2D eigenvalue weighted by Crippen LogP contribution is 2.35. The Morgan fingerprint density at radius 1 is 1.19 bits per heavy atom. The van der Waals surface area contributed by atoms with E-state index in [-0.39, 0.29) is 0 Å². The summed E-state index contributed by atoms with van der Waals surface area (Å²) in [5.41, 5.74) is 1.44. The van der Waals surface area contributed by atoms with Crippen molar-refractivity contribution >= 4 is 17.7 Å². The Balaban J connectivity index is 1.34. The van der Waals surface area contributed by atoms with Gasteiger partial charge < -0.3 is 15.0 Å². The van der Waals surface area contributed by atoms with Crippen molar-refractivity contribution in [3.8, 4) is 0 Å². The molecule has 6 heteroatoms. The van der Waals surface area contributed by atoms with Gasteiger partial charge in [-0.1, -0.05) is 37.3 Å². The fraction of sp³-hybridized carbons (Fsp3) is 0.720. The molecule has 0 amide bonds. The molecule has 0 bridgehead atoms. The maximum Gasteiger partial charge on any atom is 0.193 e. The Morgan fingerprint density at radius 3 is 2.74 bits per heavy atom. The molecule has 0 radical (unpaired) electrons. The number of hydrogen-bond acceptors (Lipinski definition) is 4. The van der Waals surface area contributed by atoms with Crippen molar-refractivity contribution in [2.75, 3.05) is 52.2 Å². The summed E-state index contributed by atoms with van der Waals surface area (Å²) < 4.78 is 5.94. The Hall–Kier alpha value is -1.24. The third-order valence-corrected chi connectivity index (χ3v) is 8.80. The van der Waals surface area contributed by atoms with Gasteiger partial charge in [-0.05, 0) is 55.9 Å². The van der Waals surface area contributed by atoms with E-state index in [0.717, 1.165) is 69.9 Å². The van der Waals surface area contributed by atoms with Gasteiger partial charge in [0.25, 0.3) is 0 Å². The third kappa shape index (κ3) is 5.77. The topological polar surface area (TPSA) is 40.1 Å². The summed E-state index contributed by atoms with van der Waals surface area (Å²) in [7, 11) is 1.95. The first-order chi connectivity index (χ1) is 15.2. The lowest BCUT2D eigenvalue weighted by atomic mass is 9.83. The molecule has 172 valence electrons. The molecule has 0 aromatic heterocycles. The van der Waals surface area contributed by atoms with Crippen LogP contribution in [0.15, 0.2) is 35.3 Å². The largest absolute Gasteiger partial charge is 0.381 e. The Kier molecular flexibility index (Phi) is 8.18. The SMILES string of the molecule is CCSC1(CNC(=NC)N2CCC3C(CCCN3Cc3ccccc3)C2)CCOCC1. The van der Waals surface area contributed by atoms with Crippen LogP contribution in [0.3, 0.4) is 0 Å². The Bertz CT molecular complexity index is 701. The van der Waals surface area contributed by atoms with Gasteiger partial charge in [-0.25, -0.2) is 0 Å². The van der Waals surface area contributed by atoms with Crippen LogP contribution in [0, 0.1) is 5.92 Å². The lowest BCUT2D eigenvalue weighted by molar-refractivity contribution is 0.0370. The maximum absolute atomic E-state index is 5.65. The molecule has 0 aliphatic carbocycles. The number of fused-ring (bicyclic) bond motifs is 1. The van der Waals surface area contributed by atoms with Gasteiger partial charge in [-0.2, -0.15) is 11.8 Å². The van der Waals surface area contributed by atoms with Gasteiger partial charge >= 0.3 is 0 Å². The van der Waals surface area contributed by atoms with Crippen LogP contribution in [0.1, 0.15) is 44.6 Å². The van der Waals surface area contributed by atoms with E-state index >= 15 is 0 Å². The molecule has 5 nitrogen and oxygen atoms in total. The number of aliphatic imine (C=N–C) groups is 1. The fourth-order valence-electron chi connectivity index (χ4n) is 5.71. The van der Waals surface area contributed by atoms with Crippen molar-refractivity contribution in [3.05, 3.63) is 35.9 Å². The molecule has 4 rings (SSSR count). The van der Waals surface area contributed by atoms with Crippen molar-refractivity contribution in [2.45, 2.75) is 56.4 Å². The van der Waals surface area contributed by atoms with Crippen molar-refractivity contribution in [3.63, 3.8) is 0 Å². The number of thioether (sulfide) groups is 1. The average molecular weight is 445 g/mol. The molecule has 2 unspecified atom stereocenters. The number of benzene rings is 1. The van der Waals surface area contributed by atoms with Gasteiger partial charge in [0.15, 0.2) is 5.96 Å². The second-order valence-corrected chi connectivity index (χ2v) is 11.0. The number of guanidine groups is 1. The first-order valence-corrected chi connectivity index (χ1v) is 13.2. The summed E-state index contributed by atoms with van der Waals surface area (Å²) in [6.45, 7) is 9.60. The highest BCUT2D eigenvalue weighted by molar-refractivity contribution is 8.00. The predicted octanol–water partition coefficient (Wildman–Crippen LogP) is 3.85. The lowest BCUT2D eigenvalue weighted by Crippen LogP contribution is -2.57. The molecule has 3 saturated heterocycles. The summed E-state index contributed by atoms with van der Waals surface area (Å²) in [5, 5.41) is 3.77. The monoisotopic (exact) mass is 444 g/mol. The van der Waals surface area contributed by atoms with Crippen LogP contribution in [0.5, 0.6) is 0 Å². The second kappa shape index (κ2) is 11.1. The molecule has 1 aromatic rings. The summed E-state index contributed by atoms with van der Waals surface area (Å²) in [6.07, 6.45) is 6.16. The molecule has 0 spiro atoms. The van der Waals surface area contributed by atoms with Crippen LogP contribution in [0.25, 0.3) is 0 Å². The highest BCUT2D eigenvalue weighted by atomic mass is 32.2. The van der Waals surface area contributed by atoms with Crippen molar-refractivity contribution in [2.24, 2.45) is 10.9 Å². The van der Waals surface area contributed by atoms with Crippen molar-refractivity contribution in [1.29, 1.82) is 0 Å². The molecular weight excluding hydrogens is 404 g/mol. The van der Waals surface area contributed by atoms with Crippen LogP contribution in [0.4, 0.5) is 0 Å². The lowest BCUT2D eigenvalue weighted by Gasteiger charge is -2.48. The Morgan fingerprint density at radius 2 is 2.00 bits per heavy atom. The van der Waals surface area contributed by atoms with Gasteiger partial charge in [-0.3, -0.25) is 9.89 Å². The van der Waals surface area contributed by atoms with Crippen LogP contribution in [-0.4, -0.2) is 78.7 Å². The quantitative estimate of drug-likeness (QED) is 0.533. The zero-order valence-corrected chi connectivity index (χ0v) is 20.2. The van der Waals surface area contributed by atoms with Gasteiger partial charge in [0.05, 0.1) is 0 Å². The minimum absolute atomic E-state index is 0.290.